The van der Waals surface area contributed by atoms with Crippen LogP contribution in [0.15, 0.2) is 24.3 Å². The Morgan fingerprint density at radius 1 is 1.38 bits per heavy atom. The molecule has 16 heavy (non-hydrogen) atoms. The van der Waals surface area contributed by atoms with E-state index >= 15 is 0 Å². The number of benzene rings is 1. The summed E-state index contributed by atoms with van der Waals surface area (Å²) < 4.78 is 25.1. The fourth-order valence-electron chi connectivity index (χ4n) is 2.01. The fourth-order valence-corrected chi connectivity index (χ4v) is 3.60. The summed E-state index contributed by atoms with van der Waals surface area (Å²) >= 11 is 0. The van der Waals surface area contributed by atoms with E-state index in [2.05, 4.69) is 0 Å². The van der Waals surface area contributed by atoms with Crippen molar-refractivity contribution in [3.8, 4) is 0 Å². The molecule has 2 N–H and O–H groups in total. The number of hydrogen-bond acceptors (Lipinski definition) is 3. The number of nitrogens with zero attached hydrogens (tertiary/aromatic N) is 1. The molecular formula is C11H16N2O2S. The van der Waals surface area contributed by atoms with Crippen LogP contribution in [0.2, 0.25) is 0 Å². The van der Waals surface area contributed by atoms with Crippen molar-refractivity contribution in [1.82, 2.24) is 0 Å². The van der Waals surface area contributed by atoms with Gasteiger partial charge in [-0.05, 0) is 25.0 Å². The van der Waals surface area contributed by atoms with E-state index in [-0.39, 0.29) is 11.8 Å². The van der Waals surface area contributed by atoms with E-state index in [0.717, 1.165) is 11.3 Å². The first-order valence-electron chi connectivity index (χ1n) is 5.37. The molecule has 1 aromatic rings. The van der Waals surface area contributed by atoms with E-state index in [9.17, 15) is 8.42 Å². The quantitative estimate of drug-likeness (QED) is 0.846. The van der Waals surface area contributed by atoms with Crippen LogP contribution in [0.5, 0.6) is 0 Å². The van der Waals surface area contributed by atoms with Gasteiger partial charge in [0.15, 0.2) is 0 Å². The van der Waals surface area contributed by atoms with E-state index in [1.54, 1.807) is 0 Å². The van der Waals surface area contributed by atoms with Gasteiger partial charge in [0.05, 0.1) is 11.4 Å². The highest BCUT2D eigenvalue weighted by molar-refractivity contribution is 7.93. The van der Waals surface area contributed by atoms with Gasteiger partial charge in [-0.25, -0.2) is 8.42 Å². The first-order chi connectivity index (χ1) is 7.52. The van der Waals surface area contributed by atoms with Crippen LogP contribution in [-0.4, -0.2) is 20.7 Å². The predicted molar refractivity (Wildman–Crippen MR) is 64.8 cm³/mol. The molecule has 2 rings (SSSR count). The monoisotopic (exact) mass is 240 g/mol. The summed E-state index contributed by atoms with van der Waals surface area (Å²) in [6, 6.07) is 7.27. The van der Waals surface area contributed by atoms with Crippen LogP contribution >= 0.6 is 0 Å². The van der Waals surface area contributed by atoms with Gasteiger partial charge >= 0.3 is 0 Å². The third-order valence-electron chi connectivity index (χ3n) is 2.80. The summed E-state index contributed by atoms with van der Waals surface area (Å²) in [6.45, 7) is 2.42. The Balaban J connectivity index is 2.48. The lowest BCUT2D eigenvalue weighted by atomic mass is 10.1. The first-order valence-corrected chi connectivity index (χ1v) is 6.98. The van der Waals surface area contributed by atoms with Crippen LogP contribution in [0, 0.1) is 0 Å². The number of anilines is 1. The Bertz CT molecular complexity index is 483. The molecule has 1 unspecified atom stereocenters. The van der Waals surface area contributed by atoms with Crippen LogP contribution in [0.1, 0.15) is 24.9 Å². The molecule has 88 valence electrons. The molecule has 1 aliphatic rings. The minimum Gasteiger partial charge on any atom is -0.324 e. The Morgan fingerprint density at radius 2 is 2.06 bits per heavy atom. The van der Waals surface area contributed by atoms with E-state index in [1.807, 2.05) is 31.2 Å². The lowest BCUT2D eigenvalue weighted by Gasteiger charge is -2.21. The van der Waals surface area contributed by atoms with Gasteiger partial charge in [-0.1, -0.05) is 18.2 Å². The molecule has 0 aliphatic carbocycles. The van der Waals surface area contributed by atoms with Gasteiger partial charge in [0, 0.05) is 12.6 Å². The highest BCUT2D eigenvalue weighted by Gasteiger charge is 2.30. The van der Waals surface area contributed by atoms with Crippen molar-refractivity contribution in [1.29, 1.82) is 0 Å². The minimum absolute atomic E-state index is 0.160. The summed E-state index contributed by atoms with van der Waals surface area (Å²) in [7, 11) is -3.12. The lowest BCUT2D eigenvalue weighted by Crippen LogP contribution is -2.27. The zero-order chi connectivity index (χ0) is 11.8. The van der Waals surface area contributed by atoms with Crippen molar-refractivity contribution in [2.75, 3.05) is 16.6 Å². The van der Waals surface area contributed by atoms with E-state index in [4.69, 9.17) is 5.73 Å². The van der Waals surface area contributed by atoms with Gasteiger partial charge < -0.3 is 5.73 Å². The Labute approximate surface area is 96.1 Å². The molecule has 4 nitrogen and oxygen atoms in total. The molecule has 1 aliphatic heterocycles. The van der Waals surface area contributed by atoms with E-state index in [1.165, 1.54) is 4.31 Å². The standard InChI is InChI=1S/C11H16N2O2S/c1-9(12)10-5-2-3-6-11(10)13-7-4-8-16(13,14)15/h2-3,5-6,9H,4,7-8,12H2,1H3. The maximum Gasteiger partial charge on any atom is 0.235 e. The third kappa shape index (κ3) is 1.92. The zero-order valence-electron chi connectivity index (χ0n) is 9.26. The van der Waals surface area contributed by atoms with Gasteiger partial charge in [-0.3, -0.25) is 4.31 Å². The first kappa shape index (κ1) is 11.4. The maximum atomic E-state index is 11.8. The topological polar surface area (TPSA) is 63.4 Å². The largest absolute Gasteiger partial charge is 0.324 e. The van der Waals surface area contributed by atoms with E-state index in [0.29, 0.717) is 13.0 Å². The number of nitrogens with two attached hydrogens (primary N) is 1. The van der Waals surface area contributed by atoms with Crippen molar-refractivity contribution in [3.05, 3.63) is 29.8 Å². The van der Waals surface area contributed by atoms with Gasteiger partial charge in [0.25, 0.3) is 0 Å². The van der Waals surface area contributed by atoms with Crippen LogP contribution in [0.4, 0.5) is 5.69 Å². The van der Waals surface area contributed by atoms with Crippen molar-refractivity contribution >= 4 is 15.7 Å². The minimum atomic E-state index is -3.12. The summed E-state index contributed by atoms with van der Waals surface area (Å²) in [4.78, 5) is 0. The second kappa shape index (κ2) is 4.07. The highest BCUT2D eigenvalue weighted by atomic mass is 32.2. The van der Waals surface area contributed by atoms with E-state index < -0.39 is 10.0 Å². The number of hydrogen-bond donors (Lipinski definition) is 1. The number of sulfonamides is 1. The number of rotatable bonds is 2. The molecule has 0 amide bonds. The molecule has 1 aromatic carbocycles. The van der Waals surface area contributed by atoms with Crippen LogP contribution in [0.25, 0.3) is 0 Å². The second-order valence-electron chi connectivity index (χ2n) is 4.09. The maximum absolute atomic E-state index is 11.8. The zero-order valence-corrected chi connectivity index (χ0v) is 10.1. The summed E-state index contributed by atoms with van der Waals surface area (Å²) in [5.74, 6) is 0.236. The summed E-state index contributed by atoms with van der Waals surface area (Å²) in [6.07, 6.45) is 0.690. The number of para-hydroxylation sites is 1. The predicted octanol–water partition coefficient (Wildman–Crippen LogP) is 1.25. The molecule has 0 aromatic heterocycles. The molecule has 0 saturated carbocycles. The summed E-state index contributed by atoms with van der Waals surface area (Å²) in [5.41, 5.74) is 7.46. The average Bonchev–Trinajstić information content (AvgIpc) is 2.58. The second-order valence-corrected chi connectivity index (χ2v) is 6.10. The molecule has 1 saturated heterocycles. The van der Waals surface area contributed by atoms with Gasteiger partial charge in [-0.15, -0.1) is 0 Å². The summed E-state index contributed by atoms with van der Waals surface area (Å²) in [5, 5.41) is 0. The molecule has 0 spiro atoms. The highest BCUT2D eigenvalue weighted by Crippen LogP contribution is 2.30. The van der Waals surface area contributed by atoms with Crippen molar-refractivity contribution in [2.45, 2.75) is 19.4 Å². The Morgan fingerprint density at radius 3 is 2.62 bits per heavy atom. The third-order valence-corrected chi connectivity index (χ3v) is 4.65. The average molecular weight is 240 g/mol. The molecule has 1 atom stereocenters. The molecule has 1 heterocycles. The molecule has 1 fully saturated rings. The van der Waals surface area contributed by atoms with Crippen LogP contribution in [0.3, 0.4) is 0 Å². The fraction of sp³-hybridized carbons (Fsp3) is 0.455. The van der Waals surface area contributed by atoms with Crippen molar-refractivity contribution in [3.63, 3.8) is 0 Å². The molecular weight excluding hydrogens is 224 g/mol. The molecule has 0 bridgehead atoms. The lowest BCUT2D eigenvalue weighted by molar-refractivity contribution is 0.599. The van der Waals surface area contributed by atoms with Gasteiger partial charge in [0.1, 0.15) is 0 Å². The van der Waals surface area contributed by atoms with Crippen molar-refractivity contribution < 1.29 is 8.42 Å². The van der Waals surface area contributed by atoms with Gasteiger partial charge in [0.2, 0.25) is 10.0 Å². The van der Waals surface area contributed by atoms with Crippen LogP contribution < -0.4 is 10.0 Å². The molecule has 0 radical (unpaired) electrons. The SMILES string of the molecule is CC(N)c1ccccc1N1CCCS1(=O)=O. The van der Waals surface area contributed by atoms with Crippen molar-refractivity contribution in [2.24, 2.45) is 5.73 Å². The Kier molecular flexibility index (Phi) is 2.90. The normalized spacial score (nSPS) is 21.0. The van der Waals surface area contributed by atoms with Crippen LogP contribution in [-0.2, 0) is 10.0 Å². The smallest absolute Gasteiger partial charge is 0.235 e. The molecule has 5 heteroatoms. The Hall–Kier alpha value is -1.07. The van der Waals surface area contributed by atoms with Gasteiger partial charge in [-0.2, -0.15) is 0 Å².